The number of nitrogens with two attached hydrogens (primary N) is 1. The van der Waals surface area contributed by atoms with Crippen LogP contribution < -0.4 is 11.1 Å². The average Bonchev–Trinajstić information content (AvgIpc) is 2.47. The number of aromatic nitrogens is 1. The van der Waals surface area contributed by atoms with Gasteiger partial charge in [0.25, 0.3) is 5.91 Å². The lowest BCUT2D eigenvalue weighted by Crippen LogP contribution is -2.57. The van der Waals surface area contributed by atoms with Gasteiger partial charge in [-0.15, -0.1) is 0 Å². The van der Waals surface area contributed by atoms with Gasteiger partial charge in [-0.3, -0.25) is 4.79 Å². The van der Waals surface area contributed by atoms with Crippen LogP contribution in [0.15, 0.2) is 12.1 Å². The second-order valence-electron chi connectivity index (χ2n) is 6.58. The SMILES string of the molecule is CC(C)c1cc(C(=O)NC2CN3CCC2CC3)cc(N)n1. The largest absolute Gasteiger partial charge is 0.384 e. The molecule has 3 aliphatic rings. The molecule has 4 rings (SSSR count). The number of carbonyl (C=O) groups excluding carboxylic acids is 1. The van der Waals surface area contributed by atoms with Crippen LogP contribution in [0.1, 0.15) is 48.7 Å². The van der Waals surface area contributed by atoms with Gasteiger partial charge in [-0.25, -0.2) is 4.98 Å². The number of carbonyl (C=O) groups is 1. The van der Waals surface area contributed by atoms with Crippen molar-refractivity contribution in [1.29, 1.82) is 0 Å². The van der Waals surface area contributed by atoms with Gasteiger partial charge >= 0.3 is 0 Å². The Morgan fingerprint density at radius 3 is 2.67 bits per heavy atom. The summed E-state index contributed by atoms with van der Waals surface area (Å²) in [7, 11) is 0. The number of nitrogens with zero attached hydrogens (tertiary/aromatic N) is 2. The summed E-state index contributed by atoms with van der Waals surface area (Å²) in [6, 6.07) is 3.80. The minimum Gasteiger partial charge on any atom is -0.384 e. The predicted molar refractivity (Wildman–Crippen MR) is 83.2 cm³/mol. The third-order valence-corrected chi connectivity index (χ3v) is 4.69. The van der Waals surface area contributed by atoms with E-state index in [4.69, 9.17) is 5.73 Å². The van der Waals surface area contributed by atoms with Gasteiger partial charge in [-0.2, -0.15) is 0 Å². The third-order valence-electron chi connectivity index (χ3n) is 4.69. The summed E-state index contributed by atoms with van der Waals surface area (Å²) in [6.45, 7) is 7.44. The molecule has 0 saturated carbocycles. The van der Waals surface area contributed by atoms with Crippen molar-refractivity contribution in [3.05, 3.63) is 23.4 Å². The number of rotatable bonds is 3. The van der Waals surface area contributed by atoms with E-state index in [1.165, 1.54) is 25.9 Å². The van der Waals surface area contributed by atoms with E-state index in [1.807, 2.05) is 6.07 Å². The number of hydrogen-bond acceptors (Lipinski definition) is 4. The molecule has 0 spiro atoms. The molecule has 1 aromatic rings. The maximum absolute atomic E-state index is 12.5. The number of amides is 1. The summed E-state index contributed by atoms with van der Waals surface area (Å²) >= 11 is 0. The molecule has 1 amide bonds. The molecule has 3 saturated heterocycles. The summed E-state index contributed by atoms with van der Waals surface area (Å²) in [5.41, 5.74) is 7.33. The molecule has 0 aliphatic carbocycles. The highest BCUT2D eigenvalue weighted by atomic mass is 16.1. The Labute approximate surface area is 125 Å². The first-order valence-corrected chi connectivity index (χ1v) is 7.83. The first-order valence-electron chi connectivity index (χ1n) is 7.83. The van der Waals surface area contributed by atoms with Gasteiger partial charge in [0, 0.05) is 23.8 Å². The van der Waals surface area contributed by atoms with Crippen LogP contribution in [0.4, 0.5) is 5.82 Å². The van der Waals surface area contributed by atoms with Crippen LogP contribution in [-0.4, -0.2) is 41.5 Å². The number of hydrogen-bond donors (Lipinski definition) is 2. The lowest BCUT2D eigenvalue weighted by Gasteiger charge is -2.44. The summed E-state index contributed by atoms with van der Waals surface area (Å²) < 4.78 is 0. The zero-order valence-electron chi connectivity index (χ0n) is 12.8. The molecular weight excluding hydrogens is 264 g/mol. The van der Waals surface area contributed by atoms with Gasteiger partial charge in [-0.1, -0.05) is 13.8 Å². The number of anilines is 1. The fourth-order valence-electron chi connectivity index (χ4n) is 3.38. The Bertz CT molecular complexity index is 535. The summed E-state index contributed by atoms with van der Waals surface area (Å²) in [4.78, 5) is 19.2. The van der Waals surface area contributed by atoms with Crippen LogP contribution in [0.5, 0.6) is 0 Å². The maximum atomic E-state index is 12.5. The van der Waals surface area contributed by atoms with Gasteiger partial charge in [0.15, 0.2) is 0 Å². The molecule has 0 radical (unpaired) electrons. The highest BCUT2D eigenvalue weighted by Gasteiger charge is 2.35. The molecule has 4 heterocycles. The first kappa shape index (κ1) is 14.3. The number of nitrogens with one attached hydrogen (secondary N) is 1. The minimum absolute atomic E-state index is 0.0234. The van der Waals surface area contributed by atoms with Crippen molar-refractivity contribution in [3.8, 4) is 0 Å². The van der Waals surface area contributed by atoms with Crippen molar-refractivity contribution in [2.45, 2.75) is 38.6 Å². The molecule has 1 aromatic heterocycles. The van der Waals surface area contributed by atoms with E-state index in [1.54, 1.807) is 6.07 Å². The average molecular weight is 288 g/mol. The molecule has 3 fully saturated rings. The van der Waals surface area contributed by atoms with Crippen LogP contribution in [0.2, 0.25) is 0 Å². The molecule has 1 unspecified atom stereocenters. The minimum atomic E-state index is -0.0234. The van der Waals surface area contributed by atoms with E-state index in [0.717, 1.165) is 12.2 Å². The van der Waals surface area contributed by atoms with E-state index >= 15 is 0 Å². The maximum Gasteiger partial charge on any atom is 0.251 e. The number of piperidine rings is 3. The second-order valence-corrected chi connectivity index (χ2v) is 6.58. The standard InChI is InChI=1S/C16H24N4O/c1-10(2)13-7-12(8-15(17)18-13)16(21)19-14-9-20-5-3-11(14)4-6-20/h7-8,10-11,14H,3-6,9H2,1-2H3,(H2,17,18)(H,19,21). The van der Waals surface area contributed by atoms with Crippen LogP contribution >= 0.6 is 0 Å². The van der Waals surface area contributed by atoms with E-state index in [9.17, 15) is 4.79 Å². The van der Waals surface area contributed by atoms with Gasteiger partial charge < -0.3 is 16.0 Å². The lowest BCUT2D eigenvalue weighted by atomic mass is 9.84. The Kier molecular flexibility index (Phi) is 3.85. The molecule has 0 aromatic carbocycles. The molecule has 114 valence electrons. The monoisotopic (exact) mass is 288 g/mol. The molecule has 5 heteroatoms. The van der Waals surface area contributed by atoms with E-state index in [2.05, 4.69) is 29.0 Å². The van der Waals surface area contributed by atoms with Crippen molar-refractivity contribution >= 4 is 11.7 Å². The quantitative estimate of drug-likeness (QED) is 0.886. The van der Waals surface area contributed by atoms with Crippen LogP contribution in [0.25, 0.3) is 0 Å². The summed E-state index contributed by atoms with van der Waals surface area (Å²) in [5, 5.41) is 3.20. The van der Waals surface area contributed by atoms with Crippen molar-refractivity contribution in [2.75, 3.05) is 25.4 Å². The zero-order valence-corrected chi connectivity index (χ0v) is 12.8. The summed E-state index contributed by atoms with van der Waals surface area (Å²) in [5.74, 6) is 1.28. The third kappa shape index (κ3) is 3.02. The van der Waals surface area contributed by atoms with E-state index in [0.29, 0.717) is 17.3 Å². The van der Waals surface area contributed by atoms with Crippen molar-refractivity contribution in [2.24, 2.45) is 5.92 Å². The van der Waals surface area contributed by atoms with Gasteiger partial charge in [0.2, 0.25) is 0 Å². The number of nitrogen functional groups attached to an aromatic ring is 1. The van der Waals surface area contributed by atoms with Crippen LogP contribution in [0.3, 0.4) is 0 Å². The number of fused-ring (bicyclic) bond motifs is 3. The molecule has 1 atom stereocenters. The molecule has 2 bridgehead atoms. The topological polar surface area (TPSA) is 71.2 Å². The van der Waals surface area contributed by atoms with E-state index < -0.39 is 0 Å². The smallest absolute Gasteiger partial charge is 0.251 e. The van der Waals surface area contributed by atoms with E-state index in [-0.39, 0.29) is 17.9 Å². The Morgan fingerprint density at radius 2 is 2.10 bits per heavy atom. The fraction of sp³-hybridized carbons (Fsp3) is 0.625. The Morgan fingerprint density at radius 1 is 1.38 bits per heavy atom. The normalized spacial score (nSPS) is 27.9. The molecule has 21 heavy (non-hydrogen) atoms. The fourth-order valence-corrected chi connectivity index (χ4v) is 3.38. The second kappa shape index (κ2) is 5.64. The molecular formula is C16H24N4O. The highest BCUT2D eigenvalue weighted by Crippen LogP contribution is 2.27. The molecule has 5 nitrogen and oxygen atoms in total. The van der Waals surface area contributed by atoms with Crippen molar-refractivity contribution < 1.29 is 4.79 Å². The first-order chi connectivity index (χ1) is 10.0. The Hall–Kier alpha value is -1.62. The van der Waals surface area contributed by atoms with Gasteiger partial charge in [0.05, 0.1) is 0 Å². The number of pyridine rings is 1. The Balaban J connectivity index is 1.73. The van der Waals surface area contributed by atoms with Gasteiger partial charge in [0.1, 0.15) is 5.82 Å². The van der Waals surface area contributed by atoms with Crippen LogP contribution in [-0.2, 0) is 0 Å². The lowest BCUT2D eigenvalue weighted by molar-refractivity contribution is 0.0620. The molecule has 3 N–H and O–H groups in total. The highest BCUT2D eigenvalue weighted by molar-refractivity contribution is 5.95. The zero-order chi connectivity index (χ0) is 15.0. The van der Waals surface area contributed by atoms with Crippen molar-refractivity contribution in [1.82, 2.24) is 15.2 Å². The predicted octanol–water partition coefficient (Wildman–Crippen LogP) is 1.61. The molecule has 3 aliphatic heterocycles. The van der Waals surface area contributed by atoms with Gasteiger partial charge in [-0.05, 0) is 49.9 Å². The van der Waals surface area contributed by atoms with Crippen molar-refractivity contribution in [3.63, 3.8) is 0 Å². The summed E-state index contributed by atoms with van der Waals surface area (Å²) in [6.07, 6.45) is 2.39. The van der Waals surface area contributed by atoms with Crippen LogP contribution in [0, 0.1) is 5.92 Å².